The molecule has 0 saturated carbocycles. The molecule has 124 valence electrons. The summed E-state index contributed by atoms with van der Waals surface area (Å²) in [5.41, 5.74) is 1.78. The molecule has 9 nitrogen and oxygen atoms in total. The molecule has 9 heteroatoms. The third-order valence-electron chi connectivity index (χ3n) is 3.42. The number of nitrogens with zero attached hydrogens (tertiary/aromatic N) is 7. The van der Waals surface area contributed by atoms with Gasteiger partial charge in [-0.1, -0.05) is 0 Å². The van der Waals surface area contributed by atoms with Crippen molar-refractivity contribution in [1.29, 1.82) is 0 Å². The first-order valence-corrected chi connectivity index (χ1v) is 7.29. The molecule has 0 fully saturated rings. The van der Waals surface area contributed by atoms with Gasteiger partial charge in [0.25, 0.3) is 5.91 Å². The topological polar surface area (TPSA) is 91.0 Å². The van der Waals surface area contributed by atoms with Gasteiger partial charge < -0.3 is 9.64 Å². The highest BCUT2D eigenvalue weighted by Gasteiger charge is 2.11. The van der Waals surface area contributed by atoms with Crippen molar-refractivity contribution in [3.05, 3.63) is 48.5 Å². The quantitative estimate of drug-likeness (QED) is 0.652. The summed E-state index contributed by atoms with van der Waals surface area (Å²) in [6, 6.07) is 7.17. The zero-order valence-electron chi connectivity index (χ0n) is 13.4. The summed E-state index contributed by atoms with van der Waals surface area (Å²) in [5, 5.41) is 15.0. The van der Waals surface area contributed by atoms with E-state index in [2.05, 4.69) is 20.6 Å². The van der Waals surface area contributed by atoms with Crippen LogP contribution in [-0.2, 0) is 18.4 Å². The first-order valence-electron chi connectivity index (χ1n) is 7.29. The van der Waals surface area contributed by atoms with E-state index in [1.165, 1.54) is 11.0 Å². The molecule has 0 aliphatic rings. The molecule has 0 saturated heterocycles. The van der Waals surface area contributed by atoms with Gasteiger partial charge in [0.15, 0.2) is 6.61 Å². The molecule has 0 atom stereocenters. The van der Waals surface area contributed by atoms with Crippen LogP contribution in [0.15, 0.2) is 43.0 Å². The van der Waals surface area contributed by atoms with Crippen molar-refractivity contribution in [3.8, 4) is 11.4 Å². The number of aromatic nitrogens is 6. The normalized spacial score (nSPS) is 10.6. The molecule has 0 N–H and O–H groups in total. The van der Waals surface area contributed by atoms with Gasteiger partial charge in [0.2, 0.25) is 0 Å². The lowest BCUT2D eigenvalue weighted by Crippen LogP contribution is -2.30. The minimum absolute atomic E-state index is 0.0268. The van der Waals surface area contributed by atoms with Crippen LogP contribution < -0.4 is 4.74 Å². The van der Waals surface area contributed by atoms with Crippen molar-refractivity contribution in [1.82, 2.24) is 34.9 Å². The van der Waals surface area contributed by atoms with Crippen LogP contribution in [0, 0.1) is 0 Å². The maximum Gasteiger partial charge on any atom is 0.260 e. The van der Waals surface area contributed by atoms with Crippen LogP contribution in [0.3, 0.4) is 0 Å². The standard InChI is InChI=1S/C15H17N7O2/c1-20(8-12-7-17-21(2)9-12)15(23)10-24-14-5-3-13(4-6-14)22-11-16-18-19-22/h3-7,9,11H,8,10H2,1-2H3. The van der Waals surface area contributed by atoms with Crippen molar-refractivity contribution < 1.29 is 9.53 Å². The molecule has 0 unspecified atom stereocenters. The average Bonchev–Trinajstić information content (AvgIpc) is 3.25. The summed E-state index contributed by atoms with van der Waals surface area (Å²) in [5.74, 6) is 0.498. The molecule has 3 rings (SSSR count). The molecule has 3 aromatic rings. The molecule has 24 heavy (non-hydrogen) atoms. The highest BCUT2D eigenvalue weighted by atomic mass is 16.5. The third-order valence-corrected chi connectivity index (χ3v) is 3.42. The van der Waals surface area contributed by atoms with E-state index in [1.54, 1.807) is 35.0 Å². The summed E-state index contributed by atoms with van der Waals surface area (Å²) < 4.78 is 8.77. The number of carbonyl (C=O) groups excluding carboxylic acids is 1. The molecule has 0 spiro atoms. The Hall–Kier alpha value is -3.23. The van der Waals surface area contributed by atoms with Gasteiger partial charge in [-0.2, -0.15) is 5.10 Å². The SMILES string of the molecule is CN(Cc1cnn(C)c1)C(=O)COc1ccc(-n2cnnn2)cc1. The molecular formula is C15H17N7O2. The van der Waals surface area contributed by atoms with Crippen molar-refractivity contribution in [2.24, 2.45) is 7.05 Å². The number of ether oxygens (including phenoxy) is 1. The predicted molar refractivity (Wildman–Crippen MR) is 84.3 cm³/mol. The van der Waals surface area contributed by atoms with Gasteiger partial charge in [-0.3, -0.25) is 9.48 Å². The number of amides is 1. The lowest BCUT2D eigenvalue weighted by Gasteiger charge is -2.16. The predicted octanol–water partition coefficient (Wildman–Crippen LogP) is 0.433. The molecule has 1 aromatic carbocycles. The van der Waals surface area contributed by atoms with Gasteiger partial charge in [0.05, 0.1) is 11.9 Å². The van der Waals surface area contributed by atoms with E-state index < -0.39 is 0 Å². The summed E-state index contributed by atoms with van der Waals surface area (Å²) >= 11 is 0. The van der Waals surface area contributed by atoms with Crippen LogP contribution in [0.25, 0.3) is 5.69 Å². The van der Waals surface area contributed by atoms with Crippen LogP contribution in [0.5, 0.6) is 5.75 Å². The van der Waals surface area contributed by atoms with Gasteiger partial charge in [0, 0.05) is 32.4 Å². The van der Waals surface area contributed by atoms with Crippen LogP contribution >= 0.6 is 0 Å². The fraction of sp³-hybridized carbons (Fsp3) is 0.267. The van der Waals surface area contributed by atoms with Gasteiger partial charge in [-0.25, -0.2) is 4.68 Å². The second-order valence-corrected chi connectivity index (χ2v) is 5.31. The Morgan fingerprint density at radius 1 is 1.29 bits per heavy atom. The lowest BCUT2D eigenvalue weighted by molar-refractivity contribution is -0.132. The number of hydrogen-bond donors (Lipinski definition) is 0. The number of benzene rings is 1. The Labute approximate surface area is 138 Å². The molecular weight excluding hydrogens is 310 g/mol. The highest BCUT2D eigenvalue weighted by Crippen LogP contribution is 2.14. The van der Waals surface area contributed by atoms with E-state index in [1.807, 2.05) is 25.4 Å². The number of carbonyl (C=O) groups is 1. The van der Waals surface area contributed by atoms with Gasteiger partial charge in [0.1, 0.15) is 12.1 Å². The fourth-order valence-corrected chi connectivity index (χ4v) is 2.15. The monoisotopic (exact) mass is 327 g/mol. The van der Waals surface area contributed by atoms with E-state index in [0.29, 0.717) is 12.3 Å². The second kappa shape index (κ2) is 6.90. The van der Waals surface area contributed by atoms with Crippen molar-refractivity contribution in [3.63, 3.8) is 0 Å². The third kappa shape index (κ3) is 3.75. The van der Waals surface area contributed by atoms with E-state index in [0.717, 1.165) is 11.3 Å². The zero-order chi connectivity index (χ0) is 16.9. The minimum Gasteiger partial charge on any atom is -0.484 e. The van der Waals surface area contributed by atoms with E-state index in [-0.39, 0.29) is 12.5 Å². The Kier molecular flexibility index (Phi) is 4.50. The summed E-state index contributed by atoms with van der Waals surface area (Å²) in [6.07, 6.45) is 5.12. The Morgan fingerprint density at radius 3 is 2.71 bits per heavy atom. The summed E-state index contributed by atoms with van der Waals surface area (Å²) in [6.45, 7) is 0.468. The minimum atomic E-state index is -0.108. The Bertz CT molecular complexity index is 796. The summed E-state index contributed by atoms with van der Waals surface area (Å²) in [7, 11) is 3.58. The van der Waals surface area contributed by atoms with Crippen LogP contribution in [0.1, 0.15) is 5.56 Å². The van der Waals surface area contributed by atoms with Crippen LogP contribution in [0.2, 0.25) is 0 Å². The fourth-order valence-electron chi connectivity index (χ4n) is 2.15. The Morgan fingerprint density at radius 2 is 2.08 bits per heavy atom. The van der Waals surface area contributed by atoms with Gasteiger partial charge >= 0.3 is 0 Å². The van der Waals surface area contributed by atoms with E-state index in [4.69, 9.17) is 4.74 Å². The number of rotatable bonds is 6. The smallest absolute Gasteiger partial charge is 0.260 e. The maximum atomic E-state index is 12.1. The van der Waals surface area contributed by atoms with Crippen LogP contribution in [0.4, 0.5) is 0 Å². The van der Waals surface area contributed by atoms with E-state index in [9.17, 15) is 4.79 Å². The molecule has 1 amide bonds. The molecule has 2 heterocycles. The average molecular weight is 327 g/mol. The number of aryl methyl sites for hydroxylation is 1. The zero-order valence-corrected chi connectivity index (χ0v) is 13.4. The molecule has 0 aliphatic heterocycles. The largest absolute Gasteiger partial charge is 0.484 e. The Balaban J connectivity index is 1.52. The second-order valence-electron chi connectivity index (χ2n) is 5.31. The molecule has 0 aliphatic carbocycles. The van der Waals surface area contributed by atoms with Crippen molar-refractivity contribution in [2.45, 2.75) is 6.54 Å². The van der Waals surface area contributed by atoms with E-state index >= 15 is 0 Å². The first kappa shape index (κ1) is 15.7. The molecule has 0 radical (unpaired) electrons. The number of hydrogen-bond acceptors (Lipinski definition) is 6. The maximum absolute atomic E-state index is 12.1. The van der Waals surface area contributed by atoms with Gasteiger partial charge in [-0.15, -0.1) is 5.10 Å². The van der Waals surface area contributed by atoms with Gasteiger partial charge in [-0.05, 0) is 34.7 Å². The summed E-state index contributed by atoms with van der Waals surface area (Å²) in [4.78, 5) is 13.7. The molecule has 2 aromatic heterocycles. The first-order chi connectivity index (χ1) is 11.6. The number of likely N-dealkylation sites (N-methyl/N-ethyl adjacent to an activating group) is 1. The molecule has 0 bridgehead atoms. The highest BCUT2D eigenvalue weighted by molar-refractivity contribution is 5.77. The van der Waals surface area contributed by atoms with Crippen LogP contribution in [-0.4, -0.2) is 54.4 Å². The number of tetrazole rings is 1. The lowest BCUT2D eigenvalue weighted by atomic mass is 10.3. The van der Waals surface area contributed by atoms with Crippen molar-refractivity contribution in [2.75, 3.05) is 13.7 Å². The van der Waals surface area contributed by atoms with Crippen molar-refractivity contribution >= 4 is 5.91 Å².